The zero-order chi connectivity index (χ0) is 19.5. The van der Waals surface area contributed by atoms with Crippen molar-refractivity contribution in [1.29, 1.82) is 0 Å². The fourth-order valence-corrected chi connectivity index (χ4v) is 3.43. The summed E-state index contributed by atoms with van der Waals surface area (Å²) in [6, 6.07) is 30.2. The molecular formula is C25H24N4. The lowest BCUT2D eigenvalue weighted by Gasteiger charge is -2.06. The topological polar surface area (TPSA) is 52.7 Å². The first-order valence-corrected chi connectivity index (χ1v) is 10.1. The van der Waals surface area contributed by atoms with Gasteiger partial charge in [0.1, 0.15) is 0 Å². The first-order chi connectivity index (χ1) is 14.3. The highest BCUT2D eigenvalue weighted by atomic mass is 15.2. The molecule has 4 aromatic rings. The lowest BCUT2D eigenvalue weighted by molar-refractivity contribution is 0.688. The zero-order valence-corrected chi connectivity index (χ0v) is 16.2. The highest BCUT2D eigenvalue weighted by Gasteiger charge is 2.19. The van der Waals surface area contributed by atoms with Gasteiger partial charge in [0, 0.05) is 29.9 Å². The minimum Gasteiger partial charge on any atom is -0.339 e. The van der Waals surface area contributed by atoms with Gasteiger partial charge in [0.2, 0.25) is 0 Å². The third-order valence-corrected chi connectivity index (χ3v) is 5.26. The summed E-state index contributed by atoms with van der Waals surface area (Å²) >= 11 is 0. The lowest BCUT2D eigenvalue weighted by atomic mass is 10.0. The van der Waals surface area contributed by atoms with E-state index in [4.69, 9.17) is 0 Å². The third kappa shape index (κ3) is 4.39. The molecule has 1 aliphatic carbocycles. The monoisotopic (exact) mass is 380 g/mol. The van der Waals surface area contributed by atoms with Gasteiger partial charge in [-0.2, -0.15) is 5.10 Å². The maximum Gasteiger partial charge on any atom is 0.152 e. The molecule has 4 heteroatoms. The van der Waals surface area contributed by atoms with E-state index >= 15 is 0 Å². The largest absolute Gasteiger partial charge is 0.339 e. The molecule has 3 aromatic carbocycles. The zero-order valence-electron chi connectivity index (χ0n) is 16.2. The van der Waals surface area contributed by atoms with Gasteiger partial charge < -0.3 is 10.6 Å². The van der Waals surface area contributed by atoms with Crippen molar-refractivity contribution in [1.82, 2.24) is 15.5 Å². The van der Waals surface area contributed by atoms with E-state index in [9.17, 15) is 0 Å². The van der Waals surface area contributed by atoms with Crippen molar-refractivity contribution in [3.63, 3.8) is 0 Å². The van der Waals surface area contributed by atoms with Crippen LogP contribution < -0.4 is 10.6 Å². The fraction of sp³-hybridized carbons (Fsp3) is 0.160. The highest BCUT2D eigenvalue weighted by molar-refractivity contribution is 5.73. The molecule has 144 valence electrons. The molecule has 0 bridgehead atoms. The first kappa shape index (κ1) is 17.7. The quantitative estimate of drug-likeness (QED) is 0.383. The number of hydrogen-bond donors (Lipinski definition) is 3. The van der Waals surface area contributed by atoms with Gasteiger partial charge >= 0.3 is 0 Å². The maximum absolute atomic E-state index is 4.43. The number of benzene rings is 3. The highest BCUT2D eigenvalue weighted by Crippen LogP contribution is 2.27. The van der Waals surface area contributed by atoms with E-state index in [1.807, 2.05) is 12.1 Å². The van der Waals surface area contributed by atoms with E-state index in [-0.39, 0.29) is 0 Å². The SMILES string of the molecule is c1ccc(-c2cccc(-c3cc(Nc4ccc(CNC5CC5)cc4)n[nH]3)c2)cc1. The number of nitrogens with zero attached hydrogens (tertiary/aromatic N) is 1. The standard InChI is InChI=1S/C25H24N4/c1-2-5-19(6-3-1)20-7-4-8-21(15-20)24-16-25(29-28-24)27-23-11-9-18(10-12-23)17-26-22-13-14-22/h1-12,15-16,22,26H,13-14,17H2,(H2,27,28,29). The average molecular weight is 380 g/mol. The van der Waals surface area contributed by atoms with Gasteiger partial charge in [-0.3, -0.25) is 5.10 Å². The molecule has 0 amide bonds. The summed E-state index contributed by atoms with van der Waals surface area (Å²) in [5.41, 5.74) is 6.87. The van der Waals surface area contributed by atoms with Gasteiger partial charge in [-0.15, -0.1) is 0 Å². The minimum absolute atomic E-state index is 0.732. The molecule has 29 heavy (non-hydrogen) atoms. The van der Waals surface area contributed by atoms with Crippen molar-refractivity contribution in [3.05, 3.63) is 90.5 Å². The number of anilines is 2. The molecule has 1 saturated carbocycles. The lowest BCUT2D eigenvalue weighted by Crippen LogP contribution is -2.15. The number of rotatable bonds is 7. The van der Waals surface area contributed by atoms with Crippen LogP contribution in [0.1, 0.15) is 18.4 Å². The second-order valence-corrected chi connectivity index (χ2v) is 7.59. The molecular weight excluding hydrogens is 356 g/mol. The number of nitrogens with one attached hydrogen (secondary N) is 3. The molecule has 1 fully saturated rings. The summed E-state index contributed by atoms with van der Waals surface area (Å²) < 4.78 is 0. The molecule has 0 saturated heterocycles. The summed E-state index contributed by atoms with van der Waals surface area (Å²) in [6.45, 7) is 0.940. The van der Waals surface area contributed by atoms with Crippen LogP contribution in [0.5, 0.6) is 0 Å². The van der Waals surface area contributed by atoms with E-state index < -0.39 is 0 Å². The molecule has 0 spiro atoms. The van der Waals surface area contributed by atoms with Gasteiger partial charge in [0.05, 0.1) is 5.69 Å². The Morgan fingerprint density at radius 3 is 2.34 bits per heavy atom. The Hall–Kier alpha value is -3.37. The van der Waals surface area contributed by atoms with Crippen molar-refractivity contribution in [2.45, 2.75) is 25.4 Å². The molecule has 1 aromatic heterocycles. The van der Waals surface area contributed by atoms with E-state index in [2.05, 4.69) is 93.6 Å². The Bertz CT molecular complexity index is 1080. The summed E-state index contributed by atoms with van der Waals surface area (Å²) in [7, 11) is 0. The van der Waals surface area contributed by atoms with Crippen LogP contribution in [-0.4, -0.2) is 16.2 Å². The number of aromatic amines is 1. The van der Waals surface area contributed by atoms with Crippen molar-refractivity contribution in [2.75, 3.05) is 5.32 Å². The number of hydrogen-bond acceptors (Lipinski definition) is 3. The Labute approximate surface area is 171 Å². The van der Waals surface area contributed by atoms with E-state index in [0.717, 1.165) is 35.3 Å². The van der Waals surface area contributed by atoms with Gasteiger partial charge in [-0.1, -0.05) is 60.7 Å². The summed E-state index contributed by atoms with van der Waals surface area (Å²) in [6.07, 6.45) is 2.63. The van der Waals surface area contributed by atoms with E-state index in [1.54, 1.807) is 0 Å². The van der Waals surface area contributed by atoms with Crippen LogP contribution in [0.4, 0.5) is 11.5 Å². The van der Waals surface area contributed by atoms with Crippen molar-refractivity contribution in [3.8, 4) is 22.4 Å². The number of aromatic nitrogens is 2. The molecule has 3 N–H and O–H groups in total. The molecule has 4 nitrogen and oxygen atoms in total. The second kappa shape index (κ2) is 7.94. The Morgan fingerprint density at radius 1 is 0.793 bits per heavy atom. The van der Waals surface area contributed by atoms with Gasteiger partial charge in [0.15, 0.2) is 5.82 Å². The first-order valence-electron chi connectivity index (χ1n) is 10.1. The van der Waals surface area contributed by atoms with Gasteiger partial charge in [-0.05, 0) is 47.7 Å². The molecule has 0 atom stereocenters. The average Bonchev–Trinajstić information content (AvgIpc) is 3.50. The smallest absolute Gasteiger partial charge is 0.152 e. The predicted molar refractivity (Wildman–Crippen MR) is 119 cm³/mol. The van der Waals surface area contributed by atoms with E-state index in [0.29, 0.717) is 0 Å². The van der Waals surface area contributed by atoms with Crippen LogP contribution in [-0.2, 0) is 6.54 Å². The molecule has 5 rings (SSSR count). The van der Waals surface area contributed by atoms with Gasteiger partial charge in [0.25, 0.3) is 0 Å². The maximum atomic E-state index is 4.43. The predicted octanol–water partition coefficient (Wildman–Crippen LogP) is 5.74. The molecule has 0 aliphatic heterocycles. The van der Waals surface area contributed by atoms with Crippen molar-refractivity contribution >= 4 is 11.5 Å². The van der Waals surface area contributed by atoms with Crippen LogP contribution >= 0.6 is 0 Å². The summed E-state index contributed by atoms with van der Waals surface area (Å²) in [4.78, 5) is 0. The molecule has 0 radical (unpaired) electrons. The summed E-state index contributed by atoms with van der Waals surface area (Å²) in [5.74, 6) is 0.814. The second-order valence-electron chi connectivity index (χ2n) is 7.59. The Kier molecular flexibility index (Phi) is 4.85. The van der Waals surface area contributed by atoms with Crippen LogP contribution in [0, 0.1) is 0 Å². The Morgan fingerprint density at radius 2 is 1.55 bits per heavy atom. The third-order valence-electron chi connectivity index (χ3n) is 5.26. The van der Waals surface area contributed by atoms with Crippen molar-refractivity contribution in [2.24, 2.45) is 0 Å². The fourth-order valence-electron chi connectivity index (χ4n) is 3.43. The Balaban J connectivity index is 1.28. The van der Waals surface area contributed by atoms with Crippen LogP contribution in [0.3, 0.4) is 0 Å². The molecule has 1 heterocycles. The van der Waals surface area contributed by atoms with Gasteiger partial charge in [-0.25, -0.2) is 0 Å². The van der Waals surface area contributed by atoms with E-state index in [1.165, 1.54) is 29.5 Å². The number of H-pyrrole nitrogens is 1. The summed E-state index contributed by atoms with van der Waals surface area (Å²) in [5, 5.41) is 14.5. The molecule has 1 aliphatic rings. The van der Waals surface area contributed by atoms with Crippen molar-refractivity contribution < 1.29 is 0 Å². The normalized spacial score (nSPS) is 13.4. The van der Waals surface area contributed by atoms with Crippen LogP contribution in [0.25, 0.3) is 22.4 Å². The van der Waals surface area contributed by atoms with Crippen LogP contribution in [0.15, 0.2) is 84.9 Å². The minimum atomic E-state index is 0.732. The van der Waals surface area contributed by atoms with Crippen LogP contribution in [0.2, 0.25) is 0 Å². The molecule has 0 unspecified atom stereocenters.